The van der Waals surface area contributed by atoms with Gasteiger partial charge in [0.1, 0.15) is 0 Å². The summed E-state index contributed by atoms with van der Waals surface area (Å²) >= 11 is 11.5. The van der Waals surface area contributed by atoms with Crippen LogP contribution in [0.1, 0.15) is 37.0 Å². The van der Waals surface area contributed by atoms with Crippen LogP contribution in [0.2, 0.25) is 5.02 Å². The molecule has 1 aromatic rings. The fourth-order valence-electron chi connectivity index (χ4n) is 1.69. The van der Waals surface area contributed by atoms with Gasteiger partial charge < -0.3 is 5.32 Å². The zero-order chi connectivity index (χ0) is 15.3. The number of halogens is 2. The normalized spacial score (nSPS) is 13.6. The van der Waals surface area contributed by atoms with Crippen molar-refractivity contribution in [2.45, 2.75) is 32.2 Å². The highest BCUT2D eigenvalue weighted by Crippen LogP contribution is 2.22. The third-order valence-electron chi connectivity index (χ3n) is 3.20. The summed E-state index contributed by atoms with van der Waals surface area (Å²) in [6.45, 7) is 3.82. The highest BCUT2D eigenvalue weighted by Gasteiger charge is 2.25. The van der Waals surface area contributed by atoms with E-state index in [1.165, 1.54) is 18.2 Å². The van der Waals surface area contributed by atoms with Crippen LogP contribution >= 0.6 is 23.2 Å². The molecule has 1 rings (SSSR count). The van der Waals surface area contributed by atoms with Crippen molar-refractivity contribution in [3.63, 3.8) is 0 Å². The van der Waals surface area contributed by atoms with Crippen LogP contribution in [0.3, 0.4) is 0 Å². The lowest BCUT2D eigenvalue weighted by molar-refractivity contribution is -0.384. The average Bonchev–Trinajstić information content (AvgIpc) is 2.38. The molecule has 0 bridgehead atoms. The van der Waals surface area contributed by atoms with E-state index in [4.69, 9.17) is 23.2 Å². The molecule has 1 amide bonds. The minimum atomic E-state index is -0.583. The summed E-state index contributed by atoms with van der Waals surface area (Å²) in [6.07, 6.45) is 1.31. The van der Waals surface area contributed by atoms with Crippen molar-refractivity contribution in [1.82, 2.24) is 5.32 Å². The number of nitrogens with zero attached hydrogens (tertiary/aromatic N) is 1. The molecule has 5 nitrogen and oxygen atoms in total. The van der Waals surface area contributed by atoms with Crippen LogP contribution in [0.4, 0.5) is 5.69 Å². The number of nitrogens with one attached hydrogen (secondary N) is 1. The maximum Gasteiger partial charge on any atom is 0.271 e. The summed E-state index contributed by atoms with van der Waals surface area (Å²) < 4.78 is 0. The molecule has 0 heterocycles. The van der Waals surface area contributed by atoms with Gasteiger partial charge in [-0.15, -0.1) is 11.6 Å². The Bertz CT molecular complexity index is 522. The van der Waals surface area contributed by atoms with E-state index in [9.17, 15) is 14.9 Å². The largest absolute Gasteiger partial charge is 0.347 e. The molecule has 1 unspecified atom stereocenters. The quantitative estimate of drug-likeness (QED) is 0.493. The van der Waals surface area contributed by atoms with Crippen molar-refractivity contribution >= 4 is 34.8 Å². The van der Waals surface area contributed by atoms with Crippen molar-refractivity contribution < 1.29 is 9.72 Å². The number of carbonyl (C=O) groups excluding carboxylic acids is 1. The van der Waals surface area contributed by atoms with Crippen molar-refractivity contribution in [2.24, 2.45) is 0 Å². The number of non-ortho nitro benzene ring substituents is 1. The Morgan fingerprint density at radius 1 is 1.45 bits per heavy atom. The van der Waals surface area contributed by atoms with Crippen molar-refractivity contribution in [3.8, 4) is 0 Å². The van der Waals surface area contributed by atoms with Crippen LogP contribution in [0.5, 0.6) is 0 Å². The second-order valence-corrected chi connectivity index (χ2v) is 5.58. The first kappa shape index (κ1) is 16.7. The van der Waals surface area contributed by atoms with Gasteiger partial charge in [-0.05, 0) is 25.8 Å². The van der Waals surface area contributed by atoms with Crippen LogP contribution in [-0.2, 0) is 0 Å². The number of nitro benzene ring substituents is 1. The summed E-state index contributed by atoms with van der Waals surface area (Å²) in [5.41, 5.74) is -0.493. The zero-order valence-corrected chi connectivity index (χ0v) is 12.8. The highest BCUT2D eigenvalue weighted by molar-refractivity contribution is 6.31. The van der Waals surface area contributed by atoms with Crippen LogP contribution in [-0.4, -0.2) is 22.2 Å². The molecule has 0 saturated heterocycles. The summed E-state index contributed by atoms with van der Waals surface area (Å²) in [5, 5.41) is 13.8. The number of rotatable bonds is 6. The smallest absolute Gasteiger partial charge is 0.271 e. The first-order valence-electron chi connectivity index (χ1n) is 6.15. The van der Waals surface area contributed by atoms with Crippen molar-refractivity contribution in [2.75, 3.05) is 5.88 Å². The Labute approximate surface area is 127 Å². The third-order valence-corrected chi connectivity index (χ3v) is 3.60. The van der Waals surface area contributed by atoms with Crippen molar-refractivity contribution in [1.29, 1.82) is 0 Å². The van der Waals surface area contributed by atoms with E-state index in [0.29, 0.717) is 18.7 Å². The Hall–Kier alpha value is -1.33. The molecule has 1 atom stereocenters. The fourth-order valence-corrected chi connectivity index (χ4v) is 2.34. The molecule has 0 aliphatic carbocycles. The van der Waals surface area contributed by atoms with Crippen molar-refractivity contribution in [3.05, 3.63) is 38.9 Å². The van der Waals surface area contributed by atoms with E-state index in [1.54, 1.807) is 0 Å². The van der Waals surface area contributed by atoms with Gasteiger partial charge in [0, 0.05) is 34.1 Å². The van der Waals surface area contributed by atoms with Gasteiger partial charge >= 0.3 is 0 Å². The summed E-state index contributed by atoms with van der Waals surface area (Å²) in [5.74, 6) is 0.0189. The van der Waals surface area contributed by atoms with Gasteiger partial charge in [-0.25, -0.2) is 0 Å². The fraction of sp³-hybridized carbons (Fsp3) is 0.462. The first-order valence-corrected chi connectivity index (χ1v) is 7.06. The van der Waals surface area contributed by atoms with Gasteiger partial charge in [-0.1, -0.05) is 18.5 Å². The maximum absolute atomic E-state index is 12.2. The zero-order valence-electron chi connectivity index (χ0n) is 11.3. The maximum atomic E-state index is 12.2. The summed E-state index contributed by atoms with van der Waals surface area (Å²) in [4.78, 5) is 22.4. The molecule has 0 radical (unpaired) electrons. The third kappa shape index (κ3) is 4.35. The SMILES string of the molecule is CCC(C)(CCCl)NC(=O)c1cc(Cl)cc([N+](=O)[O-])c1. The van der Waals surface area contributed by atoms with Gasteiger partial charge in [0.15, 0.2) is 0 Å². The monoisotopic (exact) mass is 318 g/mol. The topological polar surface area (TPSA) is 72.2 Å². The lowest BCUT2D eigenvalue weighted by Crippen LogP contribution is -2.45. The van der Waals surface area contributed by atoms with Crippen LogP contribution < -0.4 is 5.32 Å². The lowest BCUT2D eigenvalue weighted by atomic mass is 9.95. The molecule has 0 aliphatic rings. The minimum Gasteiger partial charge on any atom is -0.347 e. The van der Waals surface area contributed by atoms with Crippen LogP contribution in [0.15, 0.2) is 18.2 Å². The van der Waals surface area contributed by atoms with Gasteiger partial charge in [0.05, 0.1) is 4.92 Å². The van der Waals surface area contributed by atoms with E-state index in [-0.39, 0.29) is 16.3 Å². The average molecular weight is 319 g/mol. The molecule has 1 N–H and O–H groups in total. The first-order chi connectivity index (χ1) is 9.31. The molecule has 0 saturated carbocycles. The Kier molecular flexibility index (Phi) is 5.77. The molecule has 0 spiro atoms. The second-order valence-electron chi connectivity index (χ2n) is 4.76. The Morgan fingerprint density at radius 3 is 2.60 bits per heavy atom. The summed E-state index contributed by atoms with van der Waals surface area (Å²) in [7, 11) is 0. The predicted octanol–water partition coefficient (Wildman–Crippen LogP) is 3.78. The standard InChI is InChI=1S/C13H16Cl2N2O3/c1-3-13(2,4-5-14)16-12(18)9-6-10(15)8-11(7-9)17(19)20/h6-8H,3-5H2,1-2H3,(H,16,18). The molecule has 7 heteroatoms. The second kappa shape index (κ2) is 6.90. The van der Waals surface area contributed by atoms with E-state index in [1.807, 2.05) is 13.8 Å². The number of carbonyl (C=O) groups is 1. The molecular formula is C13H16Cl2N2O3. The molecule has 0 aliphatic heterocycles. The Morgan fingerprint density at radius 2 is 2.10 bits per heavy atom. The van der Waals surface area contributed by atoms with E-state index < -0.39 is 16.4 Å². The number of nitro groups is 1. The lowest BCUT2D eigenvalue weighted by Gasteiger charge is -2.29. The van der Waals surface area contributed by atoms with Gasteiger partial charge in [-0.2, -0.15) is 0 Å². The molecule has 110 valence electrons. The van der Waals surface area contributed by atoms with E-state index in [0.717, 1.165) is 0 Å². The number of hydrogen-bond acceptors (Lipinski definition) is 3. The minimum absolute atomic E-state index is 0.153. The predicted molar refractivity (Wildman–Crippen MR) is 79.6 cm³/mol. The van der Waals surface area contributed by atoms with E-state index >= 15 is 0 Å². The van der Waals surface area contributed by atoms with Gasteiger partial charge in [0.2, 0.25) is 0 Å². The number of hydrogen-bond donors (Lipinski definition) is 1. The highest BCUT2D eigenvalue weighted by atomic mass is 35.5. The summed E-state index contributed by atoms with van der Waals surface area (Å²) in [6, 6.07) is 3.81. The van der Waals surface area contributed by atoms with Gasteiger partial charge in [-0.3, -0.25) is 14.9 Å². The molecular weight excluding hydrogens is 303 g/mol. The van der Waals surface area contributed by atoms with Crippen LogP contribution in [0.25, 0.3) is 0 Å². The molecule has 1 aromatic carbocycles. The molecule has 20 heavy (non-hydrogen) atoms. The Balaban J connectivity index is 3.00. The number of benzene rings is 1. The van der Waals surface area contributed by atoms with E-state index in [2.05, 4.69) is 5.32 Å². The number of alkyl halides is 1. The number of amides is 1. The van der Waals surface area contributed by atoms with Crippen LogP contribution in [0, 0.1) is 10.1 Å². The molecule has 0 fully saturated rings. The van der Waals surface area contributed by atoms with Gasteiger partial charge in [0.25, 0.3) is 11.6 Å². The molecule has 0 aromatic heterocycles.